The molecular weight excluding hydrogens is 268 g/mol. The monoisotopic (exact) mass is 278 g/mol. The minimum absolute atomic E-state index is 0.0880. The number of rotatable bonds is 3. The lowest BCUT2D eigenvalue weighted by atomic mass is 10.2. The molecule has 0 fully saturated rings. The van der Waals surface area contributed by atoms with Crippen LogP contribution in [0.15, 0.2) is 41.3 Å². The fraction of sp³-hybridized carbons (Fsp3) is 0.154. The molecule has 1 heterocycles. The number of nitro groups is 1. The van der Waals surface area contributed by atoms with E-state index in [1.54, 1.807) is 12.3 Å². The number of hydrogen-bond acceptors (Lipinski definition) is 3. The SMILES string of the molecule is Cc1ccn(Cc2ccc(Cl)c([N+](=O)[O-])c2)c(=O)c1. The highest BCUT2D eigenvalue weighted by Gasteiger charge is 2.12. The van der Waals surface area contributed by atoms with E-state index in [1.807, 2.05) is 13.0 Å². The summed E-state index contributed by atoms with van der Waals surface area (Å²) >= 11 is 5.74. The third kappa shape index (κ3) is 3.00. The van der Waals surface area contributed by atoms with Crippen LogP contribution in [-0.2, 0) is 6.54 Å². The highest BCUT2D eigenvalue weighted by molar-refractivity contribution is 6.32. The zero-order valence-corrected chi connectivity index (χ0v) is 10.9. The summed E-state index contributed by atoms with van der Waals surface area (Å²) in [6, 6.07) is 7.85. The first-order valence-corrected chi connectivity index (χ1v) is 5.95. The Hall–Kier alpha value is -2.14. The van der Waals surface area contributed by atoms with Crippen LogP contribution in [0.1, 0.15) is 11.1 Å². The average molecular weight is 279 g/mol. The first-order chi connectivity index (χ1) is 8.97. The molecule has 5 nitrogen and oxygen atoms in total. The quantitative estimate of drug-likeness (QED) is 0.640. The van der Waals surface area contributed by atoms with E-state index in [-0.39, 0.29) is 22.8 Å². The maximum absolute atomic E-state index is 11.7. The number of nitro benzene ring substituents is 1. The minimum atomic E-state index is -0.538. The van der Waals surface area contributed by atoms with E-state index in [1.165, 1.54) is 22.8 Å². The summed E-state index contributed by atoms with van der Waals surface area (Å²) in [5.74, 6) is 0. The first-order valence-electron chi connectivity index (χ1n) is 5.57. The van der Waals surface area contributed by atoms with Crippen molar-refractivity contribution in [3.8, 4) is 0 Å². The van der Waals surface area contributed by atoms with Crippen LogP contribution in [0, 0.1) is 17.0 Å². The average Bonchev–Trinajstić information content (AvgIpc) is 2.34. The first kappa shape index (κ1) is 13.3. The van der Waals surface area contributed by atoms with Crippen molar-refractivity contribution in [1.82, 2.24) is 4.57 Å². The lowest BCUT2D eigenvalue weighted by Gasteiger charge is -2.06. The van der Waals surface area contributed by atoms with Gasteiger partial charge in [-0.1, -0.05) is 17.7 Å². The van der Waals surface area contributed by atoms with Gasteiger partial charge in [-0.2, -0.15) is 0 Å². The molecule has 1 aromatic carbocycles. The van der Waals surface area contributed by atoms with Gasteiger partial charge in [-0.3, -0.25) is 14.9 Å². The molecule has 0 atom stereocenters. The van der Waals surface area contributed by atoms with Crippen LogP contribution in [0.4, 0.5) is 5.69 Å². The van der Waals surface area contributed by atoms with E-state index in [0.717, 1.165) is 5.56 Å². The third-order valence-corrected chi connectivity index (χ3v) is 3.03. The number of halogens is 1. The van der Waals surface area contributed by atoms with Gasteiger partial charge in [0.05, 0.1) is 11.5 Å². The number of pyridine rings is 1. The van der Waals surface area contributed by atoms with Crippen molar-refractivity contribution in [2.45, 2.75) is 13.5 Å². The smallest absolute Gasteiger partial charge is 0.288 e. The molecule has 0 unspecified atom stereocenters. The predicted octanol–water partition coefficient (Wildman–Crippen LogP) is 2.77. The van der Waals surface area contributed by atoms with Crippen molar-refractivity contribution in [3.05, 3.63) is 73.1 Å². The number of aromatic nitrogens is 1. The van der Waals surface area contributed by atoms with Crippen molar-refractivity contribution >= 4 is 17.3 Å². The van der Waals surface area contributed by atoms with Gasteiger partial charge in [-0.05, 0) is 30.2 Å². The van der Waals surface area contributed by atoms with Crippen molar-refractivity contribution in [2.75, 3.05) is 0 Å². The van der Waals surface area contributed by atoms with Gasteiger partial charge in [0.15, 0.2) is 0 Å². The fourth-order valence-corrected chi connectivity index (χ4v) is 1.92. The van der Waals surface area contributed by atoms with Gasteiger partial charge in [0.2, 0.25) is 0 Å². The maximum atomic E-state index is 11.7. The van der Waals surface area contributed by atoms with E-state index < -0.39 is 4.92 Å². The molecule has 19 heavy (non-hydrogen) atoms. The largest absolute Gasteiger partial charge is 0.311 e. The van der Waals surface area contributed by atoms with E-state index in [0.29, 0.717) is 5.56 Å². The molecular formula is C13H11ClN2O3. The Kier molecular flexibility index (Phi) is 3.66. The van der Waals surface area contributed by atoms with Gasteiger partial charge in [0.25, 0.3) is 11.2 Å². The number of aryl methyl sites for hydroxylation is 1. The molecule has 0 radical (unpaired) electrons. The van der Waals surface area contributed by atoms with Crippen molar-refractivity contribution in [1.29, 1.82) is 0 Å². The zero-order chi connectivity index (χ0) is 14.0. The molecule has 0 aliphatic rings. The Balaban J connectivity index is 2.36. The highest BCUT2D eigenvalue weighted by atomic mass is 35.5. The summed E-state index contributed by atoms with van der Waals surface area (Å²) in [4.78, 5) is 22.0. The second kappa shape index (κ2) is 5.24. The van der Waals surface area contributed by atoms with Gasteiger partial charge in [0, 0.05) is 18.3 Å². The zero-order valence-electron chi connectivity index (χ0n) is 10.2. The third-order valence-electron chi connectivity index (χ3n) is 2.71. The summed E-state index contributed by atoms with van der Waals surface area (Å²) < 4.78 is 1.49. The lowest BCUT2D eigenvalue weighted by molar-refractivity contribution is -0.384. The van der Waals surface area contributed by atoms with Crippen LogP contribution >= 0.6 is 11.6 Å². The Morgan fingerprint density at radius 1 is 1.32 bits per heavy atom. The minimum Gasteiger partial charge on any atom is -0.311 e. The van der Waals surface area contributed by atoms with Crippen LogP contribution in [0.3, 0.4) is 0 Å². The molecule has 0 aliphatic carbocycles. The predicted molar refractivity (Wildman–Crippen MR) is 72.6 cm³/mol. The molecule has 0 saturated heterocycles. The normalized spacial score (nSPS) is 10.4. The van der Waals surface area contributed by atoms with Gasteiger partial charge < -0.3 is 4.57 Å². The topological polar surface area (TPSA) is 65.1 Å². The molecule has 2 rings (SSSR count). The molecule has 0 N–H and O–H groups in total. The summed E-state index contributed by atoms with van der Waals surface area (Å²) in [6.07, 6.45) is 1.66. The summed E-state index contributed by atoms with van der Waals surface area (Å²) in [5, 5.41) is 10.9. The number of hydrogen-bond donors (Lipinski definition) is 0. The van der Waals surface area contributed by atoms with Crippen molar-refractivity contribution in [3.63, 3.8) is 0 Å². The summed E-state index contributed by atoms with van der Waals surface area (Å²) in [7, 11) is 0. The maximum Gasteiger partial charge on any atom is 0.288 e. The van der Waals surface area contributed by atoms with Crippen LogP contribution < -0.4 is 5.56 Å². The van der Waals surface area contributed by atoms with Crippen LogP contribution in [-0.4, -0.2) is 9.49 Å². The summed E-state index contributed by atoms with van der Waals surface area (Å²) in [6.45, 7) is 2.11. The Labute approximate surface area is 114 Å². The molecule has 6 heteroatoms. The number of benzene rings is 1. The van der Waals surface area contributed by atoms with E-state index in [4.69, 9.17) is 11.6 Å². The molecule has 0 spiro atoms. The van der Waals surface area contributed by atoms with Crippen LogP contribution in [0.2, 0.25) is 5.02 Å². The molecule has 0 aliphatic heterocycles. The molecule has 1 aromatic heterocycles. The van der Waals surface area contributed by atoms with E-state index in [9.17, 15) is 14.9 Å². The molecule has 0 saturated carbocycles. The standard InChI is InChI=1S/C13H11ClN2O3/c1-9-4-5-15(13(17)6-9)8-10-2-3-11(14)12(7-10)16(18)19/h2-7H,8H2,1H3. The highest BCUT2D eigenvalue weighted by Crippen LogP contribution is 2.25. The molecule has 98 valence electrons. The summed E-state index contributed by atoms with van der Waals surface area (Å²) in [5.41, 5.74) is 1.24. The second-order valence-electron chi connectivity index (χ2n) is 4.21. The van der Waals surface area contributed by atoms with Crippen LogP contribution in [0.5, 0.6) is 0 Å². The Bertz CT molecular complexity index is 695. The van der Waals surface area contributed by atoms with Gasteiger partial charge in [-0.15, -0.1) is 0 Å². The Morgan fingerprint density at radius 3 is 2.68 bits per heavy atom. The molecule has 0 amide bonds. The van der Waals surface area contributed by atoms with Gasteiger partial charge >= 0.3 is 0 Å². The second-order valence-corrected chi connectivity index (χ2v) is 4.62. The molecule has 2 aromatic rings. The van der Waals surface area contributed by atoms with Gasteiger partial charge in [-0.25, -0.2) is 0 Å². The van der Waals surface area contributed by atoms with Crippen molar-refractivity contribution < 1.29 is 4.92 Å². The van der Waals surface area contributed by atoms with Crippen molar-refractivity contribution in [2.24, 2.45) is 0 Å². The Morgan fingerprint density at radius 2 is 2.05 bits per heavy atom. The molecule has 0 bridgehead atoms. The number of nitrogens with zero attached hydrogens (tertiary/aromatic N) is 2. The van der Waals surface area contributed by atoms with Gasteiger partial charge in [0.1, 0.15) is 5.02 Å². The van der Waals surface area contributed by atoms with E-state index >= 15 is 0 Å². The fourth-order valence-electron chi connectivity index (χ4n) is 1.73. The van der Waals surface area contributed by atoms with Crippen LogP contribution in [0.25, 0.3) is 0 Å². The van der Waals surface area contributed by atoms with E-state index in [2.05, 4.69) is 0 Å². The lowest BCUT2D eigenvalue weighted by Crippen LogP contribution is -2.19.